The lowest BCUT2D eigenvalue weighted by molar-refractivity contribution is -0.00430. The van der Waals surface area contributed by atoms with Gasteiger partial charge in [-0.3, -0.25) is 4.79 Å². The van der Waals surface area contributed by atoms with Crippen molar-refractivity contribution in [3.8, 4) is 5.75 Å². The first kappa shape index (κ1) is 16.6. The van der Waals surface area contributed by atoms with Gasteiger partial charge in [-0.15, -0.1) is 0 Å². The highest BCUT2D eigenvalue weighted by Crippen LogP contribution is 2.20. The summed E-state index contributed by atoms with van der Waals surface area (Å²) in [6.45, 7) is 2.20. The number of benzene rings is 1. The van der Waals surface area contributed by atoms with Crippen molar-refractivity contribution in [2.24, 2.45) is 0 Å². The summed E-state index contributed by atoms with van der Waals surface area (Å²) in [5.74, 6) is -0.564. The van der Waals surface area contributed by atoms with Crippen molar-refractivity contribution in [3.05, 3.63) is 29.6 Å². The molecule has 1 aromatic rings. The van der Waals surface area contributed by atoms with Crippen LogP contribution < -0.4 is 4.74 Å². The molecule has 112 valence electrons. The Kier molecular flexibility index (Phi) is 7.14. The topological polar surface area (TPSA) is 65.0 Å². The summed E-state index contributed by atoms with van der Waals surface area (Å²) in [7, 11) is 1.56. The number of aliphatic hydroxyl groups is 1. The molecule has 1 aromatic carbocycles. The minimum Gasteiger partial charge on any atom is -0.490 e. The van der Waals surface area contributed by atoms with E-state index in [1.807, 2.05) is 0 Å². The predicted octanol–water partition coefficient (Wildman–Crippen LogP) is 1.43. The van der Waals surface area contributed by atoms with Crippen LogP contribution in [0.1, 0.15) is 17.3 Å². The largest absolute Gasteiger partial charge is 0.490 e. The number of hydrogen-bond donors (Lipinski definition) is 1. The molecule has 0 fully saturated rings. The van der Waals surface area contributed by atoms with E-state index >= 15 is 0 Å². The Labute approximate surface area is 117 Å². The number of hydrogen-bond acceptors (Lipinski definition) is 5. The molecule has 6 heteroatoms. The number of halogens is 1. The molecule has 0 heterocycles. The van der Waals surface area contributed by atoms with Gasteiger partial charge in [0.05, 0.1) is 25.4 Å². The Balaban J connectivity index is 2.46. The fraction of sp³-hybridized carbons (Fsp3) is 0.500. The molecule has 0 saturated heterocycles. The van der Waals surface area contributed by atoms with Crippen LogP contribution in [0.4, 0.5) is 4.39 Å². The van der Waals surface area contributed by atoms with E-state index in [1.165, 1.54) is 19.1 Å². The lowest BCUT2D eigenvalue weighted by atomic mass is 10.1. The van der Waals surface area contributed by atoms with Crippen LogP contribution in [0.3, 0.4) is 0 Å². The maximum Gasteiger partial charge on any atom is 0.163 e. The van der Waals surface area contributed by atoms with Crippen molar-refractivity contribution in [3.63, 3.8) is 0 Å². The highest BCUT2D eigenvalue weighted by Gasteiger charge is 2.12. The van der Waals surface area contributed by atoms with Gasteiger partial charge in [-0.1, -0.05) is 0 Å². The van der Waals surface area contributed by atoms with E-state index in [4.69, 9.17) is 14.2 Å². The summed E-state index contributed by atoms with van der Waals surface area (Å²) < 4.78 is 28.3. The first-order valence-corrected chi connectivity index (χ1v) is 6.22. The van der Waals surface area contributed by atoms with Gasteiger partial charge in [0.15, 0.2) is 5.78 Å². The molecule has 0 aliphatic carbocycles. The first-order chi connectivity index (χ1) is 9.54. The second-order valence-corrected chi connectivity index (χ2v) is 4.23. The molecule has 0 bridgehead atoms. The molecule has 0 aliphatic rings. The minimum atomic E-state index is -0.836. The SMILES string of the molecule is COCCOCC(O)COc1ccc(F)cc1C(C)=O. The van der Waals surface area contributed by atoms with E-state index in [0.717, 1.165) is 6.07 Å². The van der Waals surface area contributed by atoms with Gasteiger partial charge >= 0.3 is 0 Å². The van der Waals surface area contributed by atoms with Gasteiger partial charge in [-0.25, -0.2) is 4.39 Å². The molecular weight excluding hydrogens is 267 g/mol. The number of carbonyl (C=O) groups is 1. The standard InChI is InChI=1S/C14H19FO5/c1-10(16)13-7-11(15)3-4-14(13)20-9-12(17)8-19-6-5-18-2/h3-4,7,12,17H,5-6,8-9H2,1-2H3. The van der Waals surface area contributed by atoms with Gasteiger partial charge in [0.1, 0.15) is 24.3 Å². The Hall–Kier alpha value is -1.50. The molecule has 0 radical (unpaired) electrons. The van der Waals surface area contributed by atoms with Crippen LogP contribution in [0.2, 0.25) is 0 Å². The number of Topliss-reactive ketones (excluding diaryl/α,β-unsaturated/α-hetero) is 1. The van der Waals surface area contributed by atoms with Crippen LogP contribution in [0, 0.1) is 5.82 Å². The van der Waals surface area contributed by atoms with E-state index < -0.39 is 11.9 Å². The van der Waals surface area contributed by atoms with Crippen LogP contribution in [0.25, 0.3) is 0 Å². The van der Waals surface area contributed by atoms with Crippen LogP contribution in [-0.2, 0) is 9.47 Å². The normalized spacial score (nSPS) is 12.2. The molecule has 1 atom stereocenters. The third kappa shape index (κ3) is 5.64. The highest BCUT2D eigenvalue weighted by atomic mass is 19.1. The second kappa shape index (κ2) is 8.63. The summed E-state index contributed by atoms with van der Waals surface area (Å²) >= 11 is 0. The third-order valence-corrected chi connectivity index (χ3v) is 2.49. The van der Waals surface area contributed by atoms with Gasteiger partial charge < -0.3 is 19.3 Å². The van der Waals surface area contributed by atoms with E-state index in [9.17, 15) is 14.3 Å². The molecule has 0 aliphatic heterocycles. The van der Waals surface area contributed by atoms with E-state index in [-0.39, 0.29) is 30.3 Å². The molecule has 0 amide bonds. The Morgan fingerprint density at radius 3 is 2.75 bits per heavy atom. The zero-order valence-electron chi connectivity index (χ0n) is 11.6. The fourth-order valence-electron chi connectivity index (χ4n) is 1.50. The zero-order chi connectivity index (χ0) is 15.0. The summed E-state index contributed by atoms with van der Waals surface area (Å²) in [5.41, 5.74) is 0.150. The fourth-order valence-corrected chi connectivity index (χ4v) is 1.50. The van der Waals surface area contributed by atoms with Crippen LogP contribution >= 0.6 is 0 Å². The molecule has 0 spiro atoms. The van der Waals surface area contributed by atoms with Gasteiger partial charge in [0.25, 0.3) is 0 Å². The van der Waals surface area contributed by atoms with Crippen LogP contribution in [-0.4, -0.2) is 50.5 Å². The van der Waals surface area contributed by atoms with Crippen molar-refractivity contribution < 1.29 is 28.5 Å². The molecular formula is C14H19FO5. The first-order valence-electron chi connectivity index (χ1n) is 6.22. The van der Waals surface area contributed by atoms with Crippen molar-refractivity contribution in [2.75, 3.05) is 33.5 Å². The molecule has 1 N–H and O–H groups in total. The predicted molar refractivity (Wildman–Crippen MR) is 70.6 cm³/mol. The zero-order valence-corrected chi connectivity index (χ0v) is 11.6. The number of aliphatic hydroxyl groups excluding tert-OH is 1. The smallest absolute Gasteiger partial charge is 0.163 e. The maximum atomic E-state index is 13.1. The van der Waals surface area contributed by atoms with Crippen LogP contribution in [0.15, 0.2) is 18.2 Å². The molecule has 1 unspecified atom stereocenters. The average Bonchev–Trinajstić information content (AvgIpc) is 2.42. The lowest BCUT2D eigenvalue weighted by Crippen LogP contribution is -2.24. The Bertz CT molecular complexity index is 436. The number of methoxy groups -OCH3 is 1. The van der Waals surface area contributed by atoms with E-state index in [0.29, 0.717) is 13.2 Å². The summed E-state index contributed by atoms with van der Waals surface area (Å²) in [5, 5.41) is 9.64. The highest BCUT2D eigenvalue weighted by molar-refractivity contribution is 5.96. The number of ketones is 1. The Morgan fingerprint density at radius 2 is 2.10 bits per heavy atom. The van der Waals surface area contributed by atoms with Crippen LogP contribution in [0.5, 0.6) is 5.75 Å². The minimum absolute atomic E-state index is 0.0428. The maximum absolute atomic E-state index is 13.1. The summed E-state index contributed by atoms with van der Waals surface area (Å²) in [6, 6.07) is 3.67. The van der Waals surface area contributed by atoms with Crippen molar-refractivity contribution in [1.82, 2.24) is 0 Å². The molecule has 1 rings (SSSR count). The van der Waals surface area contributed by atoms with Crippen molar-refractivity contribution in [2.45, 2.75) is 13.0 Å². The van der Waals surface area contributed by atoms with Gasteiger partial charge in [0.2, 0.25) is 0 Å². The molecule has 20 heavy (non-hydrogen) atoms. The quantitative estimate of drug-likeness (QED) is 0.549. The number of carbonyl (C=O) groups excluding carboxylic acids is 1. The van der Waals surface area contributed by atoms with Crippen molar-refractivity contribution >= 4 is 5.78 Å². The lowest BCUT2D eigenvalue weighted by Gasteiger charge is -2.14. The van der Waals surface area contributed by atoms with Gasteiger partial charge in [0, 0.05) is 7.11 Å². The second-order valence-electron chi connectivity index (χ2n) is 4.23. The molecule has 0 aromatic heterocycles. The van der Waals surface area contributed by atoms with Crippen molar-refractivity contribution in [1.29, 1.82) is 0 Å². The Morgan fingerprint density at radius 1 is 1.35 bits per heavy atom. The van der Waals surface area contributed by atoms with Gasteiger partial charge in [-0.2, -0.15) is 0 Å². The van der Waals surface area contributed by atoms with E-state index in [2.05, 4.69) is 0 Å². The number of rotatable bonds is 9. The summed E-state index contributed by atoms with van der Waals surface area (Å²) in [6.07, 6.45) is -0.836. The van der Waals surface area contributed by atoms with E-state index in [1.54, 1.807) is 7.11 Å². The average molecular weight is 286 g/mol. The molecule has 5 nitrogen and oxygen atoms in total. The summed E-state index contributed by atoms with van der Waals surface area (Å²) in [4.78, 5) is 11.4. The molecule has 0 saturated carbocycles. The monoisotopic (exact) mass is 286 g/mol. The van der Waals surface area contributed by atoms with Gasteiger partial charge in [-0.05, 0) is 25.1 Å². The number of ether oxygens (including phenoxy) is 3. The third-order valence-electron chi connectivity index (χ3n) is 2.49.